The highest BCUT2D eigenvalue weighted by atomic mass is 35.5. The van der Waals surface area contributed by atoms with Crippen LogP contribution in [0.1, 0.15) is 34.6 Å². The van der Waals surface area contributed by atoms with Gasteiger partial charge in [0.1, 0.15) is 11.4 Å². The Morgan fingerprint density at radius 1 is 1.33 bits per heavy atom. The van der Waals surface area contributed by atoms with Crippen LogP contribution >= 0.6 is 23.2 Å². The Labute approximate surface area is 165 Å². The van der Waals surface area contributed by atoms with Crippen LogP contribution in [-0.4, -0.2) is 46.3 Å². The molecule has 0 aliphatic carbocycles. The summed E-state index contributed by atoms with van der Waals surface area (Å²) >= 11 is 12.3. The third-order valence-electron chi connectivity index (χ3n) is 4.46. The van der Waals surface area contributed by atoms with E-state index in [1.807, 2.05) is 0 Å². The maximum atomic E-state index is 12.4. The molecular weight excluding hydrogens is 391 g/mol. The van der Waals surface area contributed by atoms with Crippen LogP contribution in [0.3, 0.4) is 0 Å². The van der Waals surface area contributed by atoms with Gasteiger partial charge in [0.15, 0.2) is 0 Å². The first kappa shape index (κ1) is 19.4. The average Bonchev–Trinajstić information content (AvgIpc) is 2.61. The average molecular weight is 409 g/mol. The lowest BCUT2D eigenvalue weighted by atomic mass is 10.1. The summed E-state index contributed by atoms with van der Waals surface area (Å²) in [4.78, 5) is 44.5. The van der Waals surface area contributed by atoms with Crippen molar-refractivity contribution in [3.8, 4) is 0 Å². The molecule has 0 saturated carbocycles. The molecule has 1 saturated heterocycles. The summed E-state index contributed by atoms with van der Waals surface area (Å²) in [6, 6.07) is 4.94. The van der Waals surface area contributed by atoms with Crippen molar-refractivity contribution < 1.29 is 9.59 Å². The first-order valence-electron chi connectivity index (χ1n) is 8.41. The van der Waals surface area contributed by atoms with E-state index >= 15 is 0 Å². The Kier molecular flexibility index (Phi) is 5.82. The van der Waals surface area contributed by atoms with Gasteiger partial charge in [-0.2, -0.15) is 0 Å². The number of carbonyl (C=O) groups is 2. The fraction of sp³-hybridized carbons (Fsp3) is 0.333. The summed E-state index contributed by atoms with van der Waals surface area (Å²) in [5.74, 6) is -0.115. The Morgan fingerprint density at radius 2 is 2.04 bits per heavy atom. The molecule has 1 unspecified atom stereocenters. The van der Waals surface area contributed by atoms with Gasteiger partial charge in [-0.25, -0.2) is 4.98 Å². The number of carbonyl (C=O) groups excluding carboxylic acids is 2. The summed E-state index contributed by atoms with van der Waals surface area (Å²) in [5.41, 5.74) is 0.0283. The molecule has 2 heterocycles. The van der Waals surface area contributed by atoms with Crippen LogP contribution < -0.4 is 10.9 Å². The number of nitrogens with zero attached hydrogens (tertiary/aromatic N) is 2. The Bertz CT molecular complexity index is 924. The number of aromatic nitrogens is 2. The molecule has 9 heteroatoms. The van der Waals surface area contributed by atoms with Gasteiger partial charge >= 0.3 is 0 Å². The predicted octanol–water partition coefficient (Wildman–Crippen LogP) is 2.02. The van der Waals surface area contributed by atoms with Gasteiger partial charge in [0.25, 0.3) is 11.5 Å². The lowest BCUT2D eigenvalue weighted by molar-refractivity contribution is -0.132. The summed E-state index contributed by atoms with van der Waals surface area (Å²) in [7, 11) is 1.68. The smallest absolute Gasteiger partial charge is 0.263 e. The van der Waals surface area contributed by atoms with Gasteiger partial charge in [0.05, 0.1) is 0 Å². The van der Waals surface area contributed by atoms with Crippen molar-refractivity contribution in [2.24, 2.45) is 0 Å². The van der Waals surface area contributed by atoms with Crippen LogP contribution in [0.4, 0.5) is 0 Å². The van der Waals surface area contributed by atoms with Crippen molar-refractivity contribution in [3.63, 3.8) is 0 Å². The first-order valence-corrected chi connectivity index (χ1v) is 9.16. The van der Waals surface area contributed by atoms with E-state index < -0.39 is 11.5 Å². The number of aromatic amines is 1. The molecule has 7 nitrogen and oxygen atoms in total. The molecule has 27 heavy (non-hydrogen) atoms. The Morgan fingerprint density at radius 3 is 2.67 bits per heavy atom. The quantitative estimate of drug-likeness (QED) is 0.808. The summed E-state index contributed by atoms with van der Waals surface area (Å²) in [6.45, 7) is 0.416. The number of H-pyrrole nitrogens is 1. The van der Waals surface area contributed by atoms with E-state index in [1.165, 1.54) is 6.20 Å². The van der Waals surface area contributed by atoms with Gasteiger partial charge in [-0.15, -0.1) is 0 Å². The molecular formula is C18H18Cl2N4O3. The molecule has 1 aromatic carbocycles. The number of hydrogen-bond acceptors (Lipinski definition) is 4. The summed E-state index contributed by atoms with van der Waals surface area (Å²) in [5, 5.41) is 3.73. The van der Waals surface area contributed by atoms with Crippen molar-refractivity contribution in [2.75, 3.05) is 13.6 Å². The van der Waals surface area contributed by atoms with E-state index in [1.54, 1.807) is 30.1 Å². The van der Waals surface area contributed by atoms with Gasteiger partial charge in [0, 0.05) is 48.7 Å². The molecule has 2 aromatic rings. The molecule has 2 N–H and O–H groups in total. The van der Waals surface area contributed by atoms with Crippen molar-refractivity contribution >= 4 is 35.0 Å². The standard InChI is InChI=1S/C18H18Cl2N4O3/c1-24-9-10(5-6-16(24)25)22-17(26)12-8-21-15(23-18(12)27)7-11-13(19)3-2-4-14(11)20/h2-4,8,10H,5-7,9H2,1H3,(H,22,26)(H,21,23,27). The number of likely N-dealkylation sites (N-methyl/N-ethyl adjacent to an activating group) is 1. The number of halogens is 2. The number of benzene rings is 1. The minimum Gasteiger partial charge on any atom is -0.347 e. The second-order valence-corrected chi connectivity index (χ2v) is 7.25. The number of rotatable bonds is 4. The molecule has 1 aromatic heterocycles. The highest BCUT2D eigenvalue weighted by molar-refractivity contribution is 6.36. The molecule has 3 rings (SSSR count). The zero-order valence-corrected chi connectivity index (χ0v) is 16.1. The topological polar surface area (TPSA) is 95.2 Å². The number of amides is 2. The van der Waals surface area contributed by atoms with Gasteiger partial charge < -0.3 is 15.2 Å². The lowest BCUT2D eigenvalue weighted by Gasteiger charge is -2.30. The number of hydrogen-bond donors (Lipinski definition) is 2. The molecule has 1 aliphatic rings. The first-order chi connectivity index (χ1) is 12.8. The second kappa shape index (κ2) is 8.10. The zero-order chi connectivity index (χ0) is 19.6. The minimum atomic E-state index is -0.541. The maximum Gasteiger partial charge on any atom is 0.263 e. The van der Waals surface area contributed by atoms with Crippen molar-refractivity contribution in [1.82, 2.24) is 20.2 Å². The van der Waals surface area contributed by atoms with E-state index in [-0.39, 0.29) is 23.9 Å². The van der Waals surface area contributed by atoms with Crippen LogP contribution in [0, 0.1) is 0 Å². The van der Waals surface area contributed by atoms with Crippen molar-refractivity contribution in [2.45, 2.75) is 25.3 Å². The van der Waals surface area contributed by atoms with Crippen LogP contribution in [-0.2, 0) is 11.2 Å². The summed E-state index contributed by atoms with van der Waals surface area (Å²) in [6.07, 6.45) is 2.40. The third-order valence-corrected chi connectivity index (χ3v) is 5.17. The Hall–Kier alpha value is -2.38. The molecule has 0 bridgehead atoms. The van der Waals surface area contributed by atoms with E-state index in [0.29, 0.717) is 40.8 Å². The molecule has 0 radical (unpaired) electrons. The van der Waals surface area contributed by atoms with Gasteiger partial charge in [-0.3, -0.25) is 14.4 Å². The predicted molar refractivity (Wildman–Crippen MR) is 102 cm³/mol. The third kappa shape index (κ3) is 4.48. The molecule has 1 fully saturated rings. The van der Waals surface area contributed by atoms with Crippen molar-refractivity contribution in [1.29, 1.82) is 0 Å². The van der Waals surface area contributed by atoms with Gasteiger partial charge in [-0.05, 0) is 24.1 Å². The van der Waals surface area contributed by atoms with Crippen LogP contribution in [0.5, 0.6) is 0 Å². The van der Waals surface area contributed by atoms with Crippen LogP contribution in [0.2, 0.25) is 10.0 Å². The summed E-state index contributed by atoms with van der Waals surface area (Å²) < 4.78 is 0. The zero-order valence-electron chi connectivity index (χ0n) is 14.6. The monoisotopic (exact) mass is 408 g/mol. The number of nitrogens with one attached hydrogen (secondary N) is 2. The molecule has 2 amide bonds. The SMILES string of the molecule is CN1CC(NC(=O)c2cnc(Cc3c(Cl)cccc3Cl)[nH]c2=O)CCC1=O. The fourth-order valence-electron chi connectivity index (χ4n) is 2.95. The number of piperidine rings is 1. The molecule has 0 spiro atoms. The maximum absolute atomic E-state index is 12.4. The second-order valence-electron chi connectivity index (χ2n) is 6.43. The van der Waals surface area contributed by atoms with Gasteiger partial charge in [-0.1, -0.05) is 29.3 Å². The van der Waals surface area contributed by atoms with E-state index in [9.17, 15) is 14.4 Å². The molecule has 1 atom stereocenters. The van der Waals surface area contributed by atoms with Crippen LogP contribution in [0.15, 0.2) is 29.2 Å². The Balaban J connectivity index is 1.72. The molecule has 1 aliphatic heterocycles. The van der Waals surface area contributed by atoms with E-state index in [0.717, 1.165) is 0 Å². The fourth-order valence-corrected chi connectivity index (χ4v) is 3.48. The van der Waals surface area contributed by atoms with E-state index in [4.69, 9.17) is 23.2 Å². The van der Waals surface area contributed by atoms with E-state index in [2.05, 4.69) is 15.3 Å². The van der Waals surface area contributed by atoms with Crippen molar-refractivity contribution in [3.05, 3.63) is 61.7 Å². The highest BCUT2D eigenvalue weighted by Crippen LogP contribution is 2.25. The largest absolute Gasteiger partial charge is 0.347 e. The number of likely N-dealkylation sites (tertiary alicyclic amines) is 1. The van der Waals surface area contributed by atoms with Crippen LogP contribution in [0.25, 0.3) is 0 Å². The normalized spacial score (nSPS) is 17.1. The lowest BCUT2D eigenvalue weighted by Crippen LogP contribution is -2.49. The molecule has 142 valence electrons. The van der Waals surface area contributed by atoms with Gasteiger partial charge in [0.2, 0.25) is 5.91 Å². The minimum absolute atomic E-state index is 0.0441. The highest BCUT2D eigenvalue weighted by Gasteiger charge is 2.25.